The molecule has 0 radical (unpaired) electrons. The van der Waals surface area contributed by atoms with Crippen LogP contribution in [0.2, 0.25) is 5.02 Å². The van der Waals surface area contributed by atoms with Crippen LogP contribution in [0.25, 0.3) is 0 Å². The van der Waals surface area contributed by atoms with Gasteiger partial charge < -0.3 is 15.0 Å². The second-order valence-corrected chi connectivity index (χ2v) is 6.01. The van der Waals surface area contributed by atoms with Crippen molar-refractivity contribution in [1.82, 2.24) is 20.4 Å². The zero-order valence-corrected chi connectivity index (χ0v) is 15.1. The number of ether oxygens (including phenoxy) is 1. The average molecular weight is 371 g/mol. The molecule has 24 heavy (non-hydrogen) atoms. The molecule has 0 unspecified atom stereocenters. The van der Waals surface area contributed by atoms with Crippen LogP contribution in [0.1, 0.15) is 27.3 Å². The van der Waals surface area contributed by atoms with Crippen LogP contribution in [0.3, 0.4) is 0 Å². The Hall–Kier alpha value is -1.76. The Labute approximate surface area is 151 Å². The summed E-state index contributed by atoms with van der Waals surface area (Å²) in [5, 5.41) is 11.1. The summed E-state index contributed by atoms with van der Waals surface area (Å²) in [5.74, 6) is 0.591. The van der Waals surface area contributed by atoms with Crippen LogP contribution in [-0.4, -0.2) is 41.7 Å². The van der Waals surface area contributed by atoms with Crippen LogP contribution in [0.15, 0.2) is 18.2 Å². The van der Waals surface area contributed by atoms with Gasteiger partial charge in [0.05, 0.1) is 7.11 Å². The second-order valence-electron chi connectivity index (χ2n) is 5.57. The minimum Gasteiger partial charge on any atom is -0.496 e. The Bertz CT molecular complexity index is 733. The number of carbonyl (C=O) groups is 1. The van der Waals surface area contributed by atoms with Gasteiger partial charge in [0.25, 0.3) is 5.91 Å². The first-order valence-corrected chi connectivity index (χ1v) is 7.82. The fraction of sp³-hybridized carbons (Fsp3) is 0.375. The number of hydrogen-bond acceptors (Lipinski definition) is 4. The first-order valence-electron chi connectivity index (χ1n) is 7.45. The first-order chi connectivity index (χ1) is 11.1. The zero-order valence-electron chi connectivity index (χ0n) is 13.6. The number of aromatic amines is 1. The molecule has 6 nitrogen and oxygen atoms in total. The van der Waals surface area contributed by atoms with E-state index in [9.17, 15) is 4.79 Å². The zero-order chi connectivity index (χ0) is 16.4. The lowest BCUT2D eigenvalue weighted by atomic mass is 10.1. The molecule has 0 bridgehead atoms. The molecule has 0 spiro atoms. The number of methoxy groups -OCH3 is 1. The van der Waals surface area contributed by atoms with Crippen LogP contribution in [0.5, 0.6) is 5.75 Å². The van der Waals surface area contributed by atoms with Gasteiger partial charge in [-0.15, -0.1) is 12.4 Å². The van der Waals surface area contributed by atoms with Crippen molar-refractivity contribution in [3.63, 3.8) is 0 Å². The maximum absolute atomic E-state index is 12.7. The number of fused-ring (bicyclic) bond motifs is 1. The lowest BCUT2D eigenvalue weighted by Gasteiger charge is -2.19. The third-order valence-electron chi connectivity index (χ3n) is 4.01. The van der Waals surface area contributed by atoms with Gasteiger partial charge >= 0.3 is 0 Å². The Morgan fingerprint density at radius 2 is 2.25 bits per heavy atom. The topological polar surface area (TPSA) is 70.2 Å². The summed E-state index contributed by atoms with van der Waals surface area (Å²) in [5.41, 5.74) is 3.35. The van der Waals surface area contributed by atoms with Crippen LogP contribution in [0.4, 0.5) is 0 Å². The van der Waals surface area contributed by atoms with Gasteiger partial charge in [-0.05, 0) is 18.2 Å². The molecular formula is C16H20Cl2N4O2. The van der Waals surface area contributed by atoms with Crippen molar-refractivity contribution >= 4 is 29.9 Å². The predicted octanol–water partition coefficient (Wildman–Crippen LogP) is 2.41. The van der Waals surface area contributed by atoms with Crippen LogP contribution < -0.4 is 10.1 Å². The van der Waals surface area contributed by atoms with Crippen LogP contribution >= 0.6 is 24.0 Å². The van der Waals surface area contributed by atoms with Crippen LogP contribution in [-0.2, 0) is 19.5 Å². The van der Waals surface area contributed by atoms with Crippen molar-refractivity contribution in [1.29, 1.82) is 0 Å². The minimum atomic E-state index is -0.117. The fourth-order valence-corrected chi connectivity index (χ4v) is 2.98. The minimum absolute atomic E-state index is 0. The van der Waals surface area contributed by atoms with Crippen molar-refractivity contribution in [2.75, 3.05) is 20.7 Å². The smallest absolute Gasteiger partial charge is 0.274 e. The van der Waals surface area contributed by atoms with Gasteiger partial charge in [-0.2, -0.15) is 5.10 Å². The molecule has 0 saturated carbocycles. The molecular weight excluding hydrogens is 351 g/mol. The summed E-state index contributed by atoms with van der Waals surface area (Å²) in [7, 11) is 3.35. The Kier molecular flexibility index (Phi) is 6.10. The second kappa shape index (κ2) is 7.88. The molecule has 1 aliphatic heterocycles. The van der Waals surface area contributed by atoms with E-state index in [1.54, 1.807) is 31.2 Å². The number of halogens is 2. The Balaban J connectivity index is 0.00000208. The van der Waals surface area contributed by atoms with Crippen LogP contribution in [0, 0.1) is 0 Å². The van der Waals surface area contributed by atoms with Gasteiger partial charge in [0.2, 0.25) is 0 Å². The van der Waals surface area contributed by atoms with Crippen molar-refractivity contribution in [3.8, 4) is 5.75 Å². The summed E-state index contributed by atoms with van der Waals surface area (Å²) in [6.45, 7) is 1.97. The normalized spacial score (nSPS) is 13.0. The quantitative estimate of drug-likeness (QED) is 0.866. The van der Waals surface area contributed by atoms with E-state index < -0.39 is 0 Å². The highest BCUT2D eigenvalue weighted by Gasteiger charge is 2.24. The monoisotopic (exact) mass is 370 g/mol. The predicted molar refractivity (Wildman–Crippen MR) is 95.0 cm³/mol. The number of amides is 1. The molecule has 1 aromatic carbocycles. The van der Waals surface area contributed by atoms with E-state index in [1.807, 2.05) is 6.07 Å². The van der Waals surface area contributed by atoms with Crippen molar-refractivity contribution in [3.05, 3.63) is 45.7 Å². The molecule has 2 aromatic rings. The lowest BCUT2D eigenvalue weighted by molar-refractivity contribution is 0.0777. The summed E-state index contributed by atoms with van der Waals surface area (Å²) in [6, 6.07) is 5.38. The molecule has 2 heterocycles. The number of nitrogens with zero attached hydrogens (tertiary/aromatic N) is 2. The van der Waals surface area contributed by atoms with Crippen molar-refractivity contribution in [2.45, 2.75) is 19.5 Å². The fourth-order valence-electron chi connectivity index (χ4n) is 2.78. The van der Waals surface area contributed by atoms with Crippen molar-refractivity contribution in [2.24, 2.45) is 0 Å². The van der Waals surface area contributed by atoms with Gasteiger partial charge in [0, 0.05) is 54.9 Å². The highest BCUT2D eigenvalue weighted by Crippen LogP contribution is 2.25. The molecule has 0 fully saturated rings. The number of nitrogens with one attached hydrogen (secondary N) is 2. The third kappa shape index (κ3) is 3.66. The highest BCUT2D eigenvalue weighted by atomic mass is 35.5. The van der Waals surface area contributed by atoms with E-state index in [2.05, 4.69) is 15.5 Å². The number of H-pyrrole nitrogens is 1. The number of rotatable bonds is 4. The lowest BCUT2D eigenvalue weighted by Crippen LogP contribution is -2.30. The highest BCUT2D eigenvalue weighted by molar-refractivity contribution is 6.30. The SMILES string of the molecule is COc1ccc(Cl)cc1CN(C)C(=O)c1n[nH]c2c1CNCC2.Cl. The van der Waals surface area contributed by atoms with E-state index in [0.717, 1.165) is 29.8 Å². The van der Waals surface area contributed by atoms with Gasteiger partial charge in [-0.1, -0.05) is 11.6 Å². The van der Waals surface area contributed by atoms with E-state index in [-0.39, 0.29) is 18.3 Å². The third-order valence-corrected chi connectivity index (χ3v) is 4.24. The number of hydrogen-bond donors (Lipinski definition) is 2. The molecule has 8 heteroatoms. The molecule has 3 rings (SSSR count). The number of aromatic nitrogens is 2. The molecule has 0 aliphatic carbocycles. The van der Waals surface area contributed by atoms with E-state index in [1.165, 1.54) is 0 Å². The summed E-state index contributed by atoms with van der Waals surface area (Å²) >= 11 is 6.05. The average Bonchev–Trinajstić information content (AvgIpc) is 2.98. The first kappa shape index (κ1) is 18.6. The molecule has 1 aromatic heterocycles. The van der Waals surface area contributed by atoms with E-state index in [0.29, 0.717) is 29.6 Å². The molecule has 2 N–H and O–H groups in total. The Morgan fingerprint density at radius 1 is 1.46 bits per heavy atom. The molecule has 0 atom stereocenters. The van der Waals surface area contributed by atoms with Crippen molar-refractivity contribution < 1.29 is 9.53 Å². The molecule has 0 saturated heterocycles. The molecule has 1 amide bonds. The van der Waals surface area contributed by atoms with Gasteiger partial charge in [-0.25, -0.2) is 0 Å². The van der Waals surface area contributed by atoms with Gasteiger partial charge in [0.15, 0.2) is 5.69 Å². The maximum Gasteiger partial charge on any atom is 0.274 e. The summed E-state index contributed by atoms with van der Waals surface area (Å²) < 4.78 is 5.33. The van der Waals surface area contributed by atoms with E-state index >= 15 is 0 Å². The Morgan fingerprint density at radius 3 is 3.00 bits per heavy atom. The summed E-state index contributed by atoms with van der Waals surface area (Å²) in [6.07, 6.45) is 0.863. The summed E-state index contributed by atoms with van der Waals surface area (Å²) in [4.78, 5) is 14.3. The number of carbonyl (C=O) groups excluding carboxylic acids is 1. The maximum atomic E-state index is 12.7. The van der Waals surface area contributed by atoms with Gasteiger partial charge in [0.1, 0.15) is 5.75 Å². The largest absolute Gasteiger partial charge is 0.496 e. The number of benzene rings is 1. The molecule has 130 valence electrons. The van der Waals surface area contributed by atoms with Gasteiger partial charge in [-0.3, -0.25) is 9.89 Å². The molecule has 1 aliphatic rings. The van der Waals surface area contributed by atoms with E-state index in [4.69, 9.17) is 16.3 Å². The standard InChI is InChI=1S/C16H19ClN4O2.ClH/c1-21(9-10-7-11(17)3-4-14(10)23-2)16(22)15-12-8-18-6-5-13(12)19-20-15;/h3-4,7,18H,5-6,8-9H2,1-2H3,(H,19,20);1H.